The first-order valence-electron chi connectivity index (χ1n) is 2.09. The Morgan fingerprint density at radius 2 is 2.14 bits per heavy atom. The molecule has 0 aromatic heterocycles. The Kier molecular flexibility index (Phi) is 1.08. The number of hydrogen-bond donors (Lipinski definition) is 0. The van der Waals surface area contributed by atoms with E-state index in [1.165, 1.54) is 0 Å². The van der Waals surface area contributed by atoms with E-state index in [1.807, 2.05) is 6.92 Å². The summed E-state index contributed by atoms with van der Waals surface area (Å²) in [6, 6.07) is 0. The largest absolute Gasteiger partial charge is 0.216 e. The van der Waals surface area contributed by atoms with Crippen LogP contribution in [0.3, 0.4) is 0 Å². The summed E-state index contributed by atoms with van der Waals surface area (Å²) in [5.41, 5.74) is 0. The predicted molar refractivity (Wildman–Crippen MR) is 30.6 cm³/mol. The molecular weight excluding hydrogens is 132 g/mol. The third kappa shape index (κ3) is 0.912. The van der Waals surface area contributed by atoms with Gasteiger partial charge in [0.05, 0.1) is 0 Å². The molecule has 1 fully saturated rings. The van der Waals surface area contributed by atoms with Crippen molar-refractivity contribution in [2.75, 3.05) is 0 Å². The van der Waals surface area contributed by atoms with E-state index < -0.39 is 8.87 Å². The van der Waals surface area contributed by atoms with Gasteiger partial charge in [0.15, 0.2) is 0 Å². The molecule has 4 heteroatoms. The van der Waals surface area contributed by atoms with Gasteiger partial charge in [0.2, 0.25) is 8.87 Å². The van der Waals surface area contributed by atoms with Crippen LogP contribution in [-0.2, 0) is 8.87 Å². The van der Waals surface area contributed by atoms with E-state index >= 15 is 0 Å². The second kappa shape index (κ2) is 1.39. The van der Waals surface area contributed by atoms with Crippen LogP contribution in [0.2, 0.25) is 0 Å². The van der Waals surface area contributed by atoms with Crippen molar-refractivity contribution in [3.63, 3.8) is 0 Å². The van der Waals surface area contributed by atoms with Gasteiger partial charge in [-0.1, -0.05) is 6.92 Å². The fourth-order valence-corrected chi connectivity index (χ4v) is 3.35. The Morgan fingerprint density at radius 3 is 2.14 bits per heavy atom. The SMILES string of the molecule is CCC1SS1(=O)=O. The Morgan fingerprint density at radius 1 is 1.71 bits per heavy atom. The van der Waals surface area contributed by atoms with E-state index in [0.29, 0.717) is 0 Å². The summed E-state index contributed by atoms with van der Waals surface area (Å²) in [4.78, 5) is 0. The highest BCUT2D eigenvalue weighted by atomic mass is 33.2. The van der Waals surface area contributed by atoms with E-state index in [9.17, 15) is 8.42 Å². The smallest absolute Gasteiger partial charge is 0.216 e. The van der Waals surface area contributed by atoms with E-state index in [1.54, 1.807) is 0 Å². The molecular formula is C3H6O2S2. The average Bonchev–Trinajstić information content (AvgIpc) is 2.13. The minimum atomic E-state index is -2.59. The molecule has 0 bridgehead atoms. The molecule has 1 aliphatic heterocycles. The van der Waals surface area contributed by atoms with E-state index in [0.717, 1.165) is 17.2 Å². The van der Waals surface area contributed by atoms with Crippen LogP contribution in [0.5, 0.6) is 0 Å². The van der Waals surface area contributed by atoms with Gasteiger partial charge in [-0.05, 0) is 17.2 Å². The van der Waals surface area contributed by atoms with Crippen LogP contribution in [0.4, 0.5) is 0 Å². The molecule has 0 N–H and O–H groups in total. The highest BCUT2D eigenvalue weighted by Gasteiger charge is 2.43. The molecule has 0 spiro atoms. The molecule has 0 aromatic rings. The van der Waals surface area contributed by atoms with Crippen molar-refractivity contribution in [3.8, 4) is 0 Å². The lowest BCUT2D eigenvalue weighted by atomic mass is 10.6. The first kappa shape index (κ1) is 5.44. The third-order valence-electron chi connectivity index (χ3n) is 0.859. The molecule has 7 heavy (non-hydrogen) atoms. The molecule has 0 radical (unpaired) electrons. The van der Waals surface area contributed by atoms with Gasteiger partial charge in [0, 0.05) is 0 Å². The quantitative estimate of drug-likeness (QED) is 0.397. The van der Waals surface area contributed by atoms with Gasteiger partial charge < -0.3 is 0 Å². The topological polar surface area (TPSA) is 34.1 Å². The number of rotatable bonds is 1. The highest BCUT2D eigenvalue weighted by Crippen LogP contribution is 2.45. The van der Waals surface area contributed by atoms with Crippen molar-refractivity contribution in [2.45, 2.75) is 17.9 Å². The van der Waals surface area contributed by atoms with Crippen LogP contribution >= 0.6 is 10.8 Å². The zero-order valence-corrected chi connectivity index (χ0v) is 5.55. The summed E-state index contributed by atoms with van der Waals surface area (Å²) in [5, 5.41) is 0. The predicted octanol–water partition coefficient (Wildman–Crippen LogP) is 0.799. The maximum Gasteiger partial charge on any atom is 0.216 e. The average molecular weight is 138 g/mol. The zero-order chi connectivity index (χ0) is 5.49. The molecule has 1 aliphatic rings. The van der Waals surface area contributed by atoms with Gasteiger partial charge >= 0.3 is 0 Å². The van der Waals surface area contributed by atoms with E-state index in [2.05, 4.69) is 0 Å². The summed E-state index contributed by atoms with van der Waals surface area (Å²) in [6.45, 7) is 1.88. The van der Waals surface area contributed by atoms with Gasteiger partial charge in [-0.15, -0.1) is 0 Å². The first-order valence-corrected chi connectivity index (χ1v) is 5.03. The van der Waals surface area contributed by atoms with Crippen LogP contribution in [-0.4, -0.2) is 13.0 Å². The Hall–Kier alpha value is 0.300. The van der Waals surface area contributed by atoms with Crippen LogP contribution in [0.25, 0.3) is 0 Å². The maximum atomic E-state index is 10.3. The molecule has 0 aliphatic carbocycles. The Balaban J connectivity index is 2.62. The molecule has 42 valence electrons. The fraction of sp³-hybridized carbons (Fsp3) is 1.00. The molecule has 1 saturated heterocycles. The first-order chi connectivity index (χ1) is 3.17. The summed E-state index contributed by atoms with van der Waals surface area (Å²) in [5.74, 6) is 0. The molecule has 0 amide bonds. The molecule has 1 unspecified atom stereocenters. The summed E-state index contributed by atoms with van der Waals surface area (Å²) >= 11 is 0. The second-order valence-corrected chi connectivity index (χ2v) is 6.01. The van der Waals surface area contributed by atoms with Gasteiger partial charge in [-0.3, -0.25) is 0 Å². The number of hydrogen-bond acceptors (Lipinski definition) is 3. The molecule has 0 aromatic carbocycles. The van der Waals surface area contributed by atoms with Crippen molar-refractivity contribution in [1.82, 2.24) is 0 Å². The van der Waals surface area contributed by atoms with Crippen LogP contribution in [0.15, 0.2) is 0 Å². The van der Waals surface area contributed by atoms with E-state index in [4.69, 9.17) is 0 Å². The van der Waals surface area contributed by atoms with Gasteiger partial charge in [-0.2, -0.15) is 0 Å². The lowest BCUT2D eigenvalue weighted by molar-refractivity contribution is 0.612. The monoisotopic (exact) mass is 138 g/mol. The van der Waals surface area contributed by atoms with Crippen LogP contribution in [0, 0.1) is 0 Å². The summed E-state index contributed by atoms with van der Waals surface area (Å²) in [7, 11) is -1.52. The third-order valence-corrected chi connectivity index (χ3v) is 4.91. The minimum Gasteiger partial charge on any atom is -0.216 e. The van der Waals surface area contributed by atoms with Crippen molar-refractivity contribution < 1.29 is 8.42 Å². The van der Waals surface area contributed by atoms with Crippen LogP contribution in [0.1, 0.15) is 13.3 Å². The molecule has 1 heterocycles. The second-order valence-electron chi connectivity index (χ2n) is 1.43. The van der Waals surface area contributed by atoms with Gasteiger partial charge in [0.25, 0.3) is 0 Å². The Labute approximate surface area is 46.6 Å². The summed E-state index contributed by atoms with van der Waals surface area (Å²) < 4.78 is 20.5. The van der Waals surface area contributed by atoms with Crippen molar-refractivity contribution >= 4 is 19.7 Å². The van der Waals surface area contributed by atoms with Crippen molar-refractivity contribution in [2.24, 2.45) is 0 Å². The molecule has 2 nitrogen and oxygen atoms in total. The Bertz CT molecular complexity index is 158. The van der Waals surface area contributed by atoms with Crippen LogP contribution < -0.4 is 0 Å². The van der Waals surface area contributed by atoms with Gasteiger partial charge in [-0.25, -0.2) is 8.42 Å². The lowest BCUT2D eigenvalue weighted by Crippen LogP contribution is -1.80. The van der Waals surface area contributed by atoms with E-state index in [-0.39, 0.29) is 4.58 Å². The minimum absolute atomic E-state index is 0.0625. The zero-order valence-electron chi connectivity index (χ0n) is 3.92. The fourth-order valence-electron chi connectivity index (χ4n) is 0.399. The standard InChI is InChI=1S/C3H6O2S2/c1-2-3-6-7(3,4)5/h3H,2H2,1H3. The van der Waals surface area contributed by atoms with Crippen molar-refractivity contribution in [1.29, 1.82) is 0 Å². The van der Waals surface area contributed by atoms with Crippen molar-refractivity contribution in [3.05, 3.63) is 0 Å². The van der Waals surface area contributed by atoms with Gasteiger partial charge in [0.1, 0.15) is 4.58 Å². The highest BCUT2D eigenvalue weighted by molar-refractivity contribution is 8.88. The summed E-state index contributed by atoms with van der Waals surface area (Å²) in [6.07, 6.45) is 0.757. The molecule has 0 saturated carbocycles. The molecule has 1 atom stereocenters. The molecule has 1 rings (SSSR count). The normalized spacial score (nSPS) is 35.3. The lowest BCUT2D eigenvalue weighted by Gasteiger charge is -1.69. The maximum absolute atomic E-state index is 10.3.